The maximum atomic E-state index is 12.2. The molecule has 10 nitrogen and oxygen atoms in total. The lowest BCUT2D eigenvalue weighted by Crippen LogP contribution is -2.50. The van der Waals surface area contributed by atoms with Crippen LogP contribution in [-0.4, -0.2) is 92.4 Å². The Labute approximate surface area is 224 Å². The maximum absolute atomic E-state index is 12.2. The first-order valence-corrected chi connectivity index (χ1v) is 12.7. The topological polar surface area (TPSA) is 118 Å². The van der Waals surface area contributed by atoms with Gasteiger partial charge in [0.2, 0.25) is 0 Å². The molecule has 2 saturated heterocycles. The molecule has 10 heteroatoms. The predicted molar refractivity (Wildman–Crippen MR) is 143 cm³/mol. The molecule has 4 atom stereocenters. The van der Waals surface area contributed by atoms with Crippen LogP contribution >= 0.6 is 0 Å². The number of ether oxygens (including phenoxy) is 4. The minimum Gasteiger partial charge on any atom is -0.444 e. The van der Waals surface area contributed by atoms with E-state index in [1.807, 2.05) is 69.2 Å². The molecule has 2 rings (SSSR count). The third kappa shape index (κ3) is 11.3. The molecule has 0 spiro atoms. The van der Waals surface area contributed by atoms with Gasteiger partial charge in [-0.1, -0.05) is 7.43 Å². The van der Waals surface area contributed by atoms with Gasteiger partial charge in [0, 0.05) is 0 Å². The molecule has 2 aliphatic heterocycles. The molecule has 37 heavy (non-hydrogen) atoms. The van der Waals surface area contributed by atoms with Crippen molar-refractivity contribution in [1.82, 2.24) is 9.80 Å². The second-order valence-corrected chi connectivity index (χ2v) is 12.7. The fraction of sp³-hybridized carbons (Fsp3) is 0.926. The van der Waals surface area contributed by atoms with E-state index in [0.29, 0.717) is 26.1 Å². The van der Waals surface area contributed by atoms with Gasteiger partial charge in [0.1, 0.15) is 22.7 Å². The summed E-state index contributed by atoms with van der Waals surface area (Å²) in [6.45, 7) is 22.6. The molecule has 0 aromatic carbocycles. The molecule has 220 valence electrons. The Kier molecular flexibility index (Phi) is 12.4. The van der Waals surface area contributed by atoms with Crippen LogP contribution in [0.4, 0.5) is 9.59 Å². The van der Waals surface area contributed by atoms with Crippen LogP contribution in [0.3, 0.4) is 0 Å². The fourth-order valence-corrected chi connectivity index (χ4v) is 4.26. The summed E-state index contributed by atoms with van der Waals surface area (Å²) in [4.78, 5) is 27.6. The highest BCUT2D eigenvalue weighted by molar-refractivity contribution is 5.70. The Hall–Kier alpha value is -1.62. The van der Waals surface area contributed by atoms with Gasteiger partial charge in [-0.05, 0) is 95.9 Å². The molecule has 2 amide bonds. The zero-order chi connectivity index (χ0) is 28.3. The third-order valence-corrected chi connectivity index (χ3v) is 5.56. The van der Waals surface area contributed by atoms with E-state index in [0.717, 1.165) is 0 Å². The lowest BCUT2D eigenvalue weighted by Gasteiger charge is -2.35. The van der Waals surface area contributed by atoms with Crippen LogP contribution in [0, 0.1) is 0 Å². The van der Waals surface area contributed by atoms with Gasteiger partial charge in [0.05, 0.1) is 37.5 Å². The molecule has 0 aromatic heterocycles. The molecule has 0 saturated carbocycles. The molecule has 2 N–H and O–H groups in total. The summed E-state index contributed by atoms with van der Waals surface area (Å²) in [7, 11) is 0. The van der Waals surface area contributed by atoms with Gasteiger partial charge in [-0.25, -0.2) is 9.59 Å². The van der Waals surface area contributed by atoms with Crippen LogP contribution in [0.15, 0.2) is 0 Å². The summed E-state index contributed by atoms with van der Waals surface area (Å²) in [6.07, 6.45) is -0.757. The lowest BCUT2D eigenvalue weighted by atomic mass is 10.1. The molecule has 2 heterocycles. The van der Waals surface area contributed by atoms with Crippen LogP contribution in [0.5, 0.6) is 0 Å². The van der Waals surface area contributed by atoms with Gasteiger partial charge >= 0.3 is 12.2 Å². The molecular weight excluding hydrogens is 480 g/mol. The second-order valence-electron chi connectivity index (χ2n) is 12.7. The normalized spacial score (nSPS) is 24.4. The number of rotatable bonds is 4. The molecule has 2 fully saturated rings. The Bertz CT molecular complexity index is 676. The molecular formula is C27H54N2O8. The van der Waals surface area contributed by atoms with Crippen LogP contribution in [0.1, 0.15) is 103 Å². The zero-order valence-electron chi connectivity index (χ0n) is 24.4. The van der Waals surface area contributed by atoms with E-state index < -0.39 is 47.0 Å². The van der Waals surface area contributed by atoms with Crippen molar-refractivity contribution in [3.8, 4) is 0 Å². The first kappa shape index (κ1) is 35.4. The van der Waals surface area contributed by atoms with Crippen molar-refractivity contribution >= 4 is 12.2 Å². The minimum absolute atomic E-state index is 0. The number of carbonyl (C=O) groups excluding carboxylic acids is 2. The number of carbonyl (C=O) groups is 2. The quantitative estimate of drug-likeness (QED) is 0.523. The molecule has 0 aliphatic carbocycles. The molecule has 0 unspecified atom stereocenters. The number of amides is 2. The second kappa shape index (κ2) is 13.0. The molecule has 0 bridgehead atoms. The van der Waals surface area contributed by atoms with Crippen LogP contribution in [0.2, 0.25) is 0 Å². The first-order chi connectivity index (χ1) is 16.1. The highest BCUT2D eigenvalue weighted by Crippen LogP contribution is 2.32. The van der Waals surface area contributed by atoms with Gasteiger partial charge in [0.25, 0.3) is 0 Å². The van der Waals surface area contributed by atoms with E-state index in [2.05, 4.69) is 0 Å². The van der Waals surface area contributed by atoms with Crippen molar-refractivity contribution in [3.63, 3.8) is 0 Å². The number of hydrogen-bond donors (Lipinski definition) is 2. The molecule has 0 aromatic rings. The van der Waals surface area contributed by atoms with Crippen LogP contribution in [-0.2, 0) is 18.9 Å². The summed E-state index contributed by atoms with van der Waals surface area (Å²) >= 11 is 0. The van der Waals surface area contributed by atoms with E-state index in [-0.39, 0.29) is 19.5 Å². The number of aliphatic hydroxyl groups excluding tert-OH is 2. The van der Waals surface area contributed by atoms with Gasteiger partial charge in [0.15, 0.2) is 0 Å². The van der Waals surface area contributed by atoms with Crippen molar-refractivity contribution in [2.75, 3.05) is 13.2 Å². The van der Waals surface area contributed by atoms with Gasteiger partial charge in [-0.15, -0.1) is 0 Å². The first-order valence-electron chi connectivity index (χ1n) is 12.7. The number of hydrogen-bond acceptors (Lipinski definition) is 8. The van der Waals surface area contributed by atoms with E-state index in [4.69, 9.17) is 18.9 Å². The molecule has 2 aliphatic rings. The van der Waals surface area contributed by atoms with Crippen molar-refractivity contribution in [3.05, 3.63) is 0 Å². The molecule has 0 radical (unpaired) electrons. The summed E-state index contributed by atoms with van der Waals surface area (Å²) in [5, 5.41) is 19.0. The van der Waals surface area contributed by atoms with E-state index >= 15 is 0 Å². The van der Waals surface area contributed by atoms with E-state index in [9.17, 15) is 19.8 Å². The van der Waals surface area contributed by atoms with Crippen molar-refractivity contribution in [2.24, 2.45) is 0 Å². The Balaban J connectivity index is 0.000000682. The van der Waals surface area contributed by atoms with Gasteiger partial charge in [-0.2, -0.15) is 0 Å². The lowest BCUT2D eigenvalue weighted by molar-refractivity contribution is -0.0647. The summed E-state index contributed by atoms with van der Waals surface area (Å²) < 4.78 is 22.0. The SMILES string of the molecule is C.C[C@@H](O)C[C@H]1COC(C)(C)N1C(=O)OC(C)(C)C.C[C@H](O)C[C@H]1COC(C)(C)N1C(=O)OC(C)(C)C. The fourth-order valence-electron chi connectivity index (χ4n) is 4.26. The summed E-state index contributed by atoms with van der Waals surface area (Å²) in [6, 6.07) is -0.287. The van der Waals surface area contributed by atoms with Crippen LogP contribution < -0.4 is 0 Å². The highest BCUT2D eigenvalue weighted by Gasteiger charge is 2.47. The largest absolute Gasteiger partial charge is 0.444 e. The van der Waals surface area contributed by atoms with Crippen LogP contribution in [0.25, 0.3) is 0 Å². The van der Waals surface area contributed by atoms with E-state index in [1.54, 1.807) is 23.6 Å². The summed E-state index contributed by atoms with van der Waals surface area (Å²) in [5.41, 5.74) is -2.46. The van der Waals surface area contributed by atoms with Crippen molar-refractivity contribution < 1.29 is 38.7 Å². The number of aliphatic hydroxyl groups is 2. The Morgan fingerprint density at radius 1 is 0.784 bits per heavy atom. The maximum Gasteiger partial charge on any atom is 0.412 e. The zero-order valence-corrected chi connectivity index (χ0v) is 24.4. The smallest absolute Gasteiger partial charge is 0.412 e. The highest BCUT2D eigenvalue weighted by atomic mass is 16.6. The van der Waals surface area contributed by atoms with Crippen molar-refractivity contribution in [1.29, 1.82) is 0 Å². The Morgan fingerprint density at radius 2 is 1.05 bits per heavy atom. The van der Waals surface area contributed by atoms with E-state index in [1.165, 1.54) is 0 Å². The number of nitrogens with zero attached hydrogens (tertiary/aromatic N) is 2. The summed E-state index contributed by atoms with van der Waals surface area (Å²) in [5.74, 6) is 0. The Morgan fingerprint density at radius 3 is 1.27 bits per heavy atom. The van der Waals surface area contributed by atoms with Crippen molar-refractivity contribution in [2.45, 2.75) is 150 Å². The van der Waals surface area contributed by atoms with Gasteiger partial charge < -0.3 is 29.2 Å². The third-order valence-electron chi connectivity index (χ3n) is 5.56. The van der Waals surface area contributed by atoms with Gasteiger partial charge in [-0.3, -0.25) is 9.80 Å². The average molecular weight is 535 g/mol. The average Bonchev–Trinajstić information content (AvgIpc) is 3.06. The monoisotopic (exact) mass is 534 g/mol. The minimum atomic E-state index is -0.693. The standard InChI is InChI=1S/2C13H25NO4.CH4/c2*1-9(15)7-10-8-17-13(5,6)14(10)11(16)18-12(2,3)4;/h2*9-10,15H,7-8H2,1-6H3;1H4/t9-,10+;9-,10-;/m10./s1. The predicted octanol–water partition coefficient (Wildman–Crippen LogP) is 4.89.